The van der Waals surface area contributed by atoms with Crippen LogP contribution in [0.15, 0.2) is 70.5 Å². The first kappa shape index (κ1) is 19.1. The van der Waals surface area contributed by atoms with Gasteiger partial charge >= 0.3 is 0 Å². The van der Waals surface area contributed by atoms with Crippen molar-refractivity contribution in [2.24, 2.45) is 0 Å². The van der Waals surface area contributed by atoms with Crippen LogP contribution in [0.1, 0.15) is 18.5 Å². The minimum absolute atomic E-state index is 0.0356. The molecule has 0 amide bonds. The molecule has 0 saturated carbocycles. The number of aromatic nitrogens is 2. The second-order valence-corrected chi connectivity index (χ2v) is 8.53. The standard InChI is InChI=1S/C19H18ClN3O3S/c1-13(14-8-10-16(11-9-14)27(2,25)26)22-17-12-21-23(19(24)18(17)20)15-6-4-3-5-7-15/h3-13,22H,1-2H3/t13-/m1/s1. The summed E-state index contributed by atoms with van der Waals surface area (Å²) in [4.78, 5) is 12.8. The number of anilines is 1. The second-order valence-electron chi connectivity index (χ2n) is 6.13. The Labute approximate surface area is 162 Å². The van der Waals surface area contributed by atoms with Gasteiger partial charge in [-0.1, -0.05) is 41.9 Å². The highest BCUT2D eigenvalue weighted by molar-refractivity contribution is 7.90. The summed E-state index contributed by atoms with van der Waals surface area (Å²) >= 11 is 6.25. The number of rotatable bonds is 5. The monoisotopic (exact) mass is 403 g/mol. The van der Waals surface area contributed by atoms with Crippen LogP contribution in [-0.4, -0.2) is 24.5 Å². The Hall–Kier alpha value is -2.64. The fourth-order valence-corrected chi connectivity index (χ4v) is 3.42. The second kappa shape index (κ2) is 7.54. The lowest BCUT2D eigenvalue weighted by Gasteiger charge is -2.17. The first-order chi connectivity index (χ1) is 12.8. The molecule has 0 spiro atoms. The molecule has 1 N–H and O–H groups in total. The van der Waals surface area contributed by atoms with E-state index in [1.54, 1.807) is 36.4 Å². The number of benzene rings is 2. The highest BCUT2D eigenvalue weighted by Crippen LogP contribution is 2.24. The van der Waals surface area contributed by atoms with Crippen LogP contribution < -0.4 is 10.9 Å². The van der Waals surface area contributed by atoms with Crippen molar-refractivity contribution in [2.45, 2.75) is 17.9 Å². The van der Waals surface area contributed by atoms with Gasteiger partial charge in [0, 0.05) is 12.3 Å². The van der Waals surface area contributed by atoms with E-state index in [0.717, 1.165) is 11.8 Å². The van der Waals surface area contributed by atoms with Gasteiger partial charge in [-0.25, -0.2) is 8.42 Å². The molecule has 1 aromatic heterocycles. The molecule has 8 heteroatoms. The Balaban J connectivity index is 1.85. The van der Waals surface area contributed by atoms with Gasteiger partial charge in [-0.3, -0.25) is 4.79 Å². The zero-order valence-electron chi connectivity index (χ0n) is 14.8. The van der Waals surface area contributed by atoms with Gasteiger partial charge < -0.3 is 5.32 Å². The highest BCUT2D eigenvalue weighted by atomic mass is 35.5. The smallest absolute Gasteiger partial charge is 0.292 e. The topological polar surface area (TPSA) is 81.1 Å². The van der Waals surface area contributed by atoms with Crippen LogP contribution in [0, 0.1) is 0 Å². The van der Waals surface area contributed by atoms with Crippen molar-refractivity contribution in [1.29, 1.82) is 0 Å². The summed E-state index contributed by atoms with van der Waals surface area (Å²) in [5.41, 5.74) is 1.46. The number of nitrogens with zero attached hydrogens (tertiary/aromatic N) is 2. The van der Waals surface area contributed by atoms with Crippen LogP contribution in [0.5, 0.6) is 0 Å². The van der Waals surface area contributed by atoms with Crippen molar-refractivity contribution < 1.29 is 8.42 Å². The molecule has 0 fully saturated rings. The van der Waals surface area contributed by atoms with Crippen LogP contribution in [-0.2, 0) is 9.84 Å². The van der Waals surface area contributed by atoms with E-state index in [1.807, 2.05) is 25.1 Å². The molecule has 0 aliphatic carbocycles. The van der Waals surface area contributed by atoms with E-state index in [2.05, 4.69) is 10.4 Å². The minimum Gasteiger partial charge on any atom is -0.376 e. The largest absolute Gasteiger partial charge is 0.376 e. The van der Waals surface area contributed by atoms with Crippen molar-refractivity contribution >= 4 is 27.1 Å². The van der Waals surface area contributed by atoms with E-state index in [9.17, 15) is 13.2 Å². The highest BCUT2D eigenvalue weighted by Gasteiger charge is 2.14. The number of nitrogens with one attached hydrogen (secondary N) is 1. The summed E-state index contributed by atoms with van der Waals surface area (Å²) < 4.78 is 24.4. The van der Waals surface area contributed by atoms with E-state index in [-0.39, 0.29) is 16.0 Å². The molecule has 0 aliphatic heterocycles. The van der Waals surface area contributed by atoms with E-state index in [1.165, 1.54) is 10.9 Å². The summed E-state index contributed by atoms with van der Waals surface area (Å²) in [5.74, 6) is 0. The first-order valence-corrected chi connectivity index (χ1v) is 10.4. The third-order valence-corrected chi connectivity index (χ3v) is 5.59. The van der Waals surface area contributed by atoms with E-state index < -0.39 is 15.4 Å². The van der Waals surface area contributed by atoms with Gasteiger partial charge in [-0.15, -0.1) is 0 Å². The first-order valence-electron chi connectivity index (χ1n) is 8.17. The molecule has 140 valence electrons. The van der Waals surface area contributed by atoms with Gasteiger partial charge in [-0.2, -0.15) is 9.78 Å². The Kier molecular flexibility index (Phi) is 5.34. The molecule has 2 aromatic carbocycles. The molecule has 3 rings (SSSR count). The Morgan fingerprint density at radius 2 is 1.70 bits per heavy atom. The Bertz CT molecular complexity index is 1110. The minimum atomic E-state index is -3.24. The SMILES string of the molecule is C[C@@H](Nc1cnn(-c2ccccc2)c(=O)c1Cl)c1ccc(S(C)(=O)=O)cc1. The van der Waals surface area contributed by atoms with Gasteiger partial charge in [0.1, 0.15) is 5.02 Å². The molecule has 0 radical (unpaired) electrons. The van der Waals surface area contributed by atoms with E-state index in [0.29, 0.717) is 11.4 Å². The molecular weight excluding hydrogens is 386 g/mol. The number of halogens is 1. The number of sulfone groups is 1. The lowest BCUT2D eigenvalue weighted by molar-refractivity contribution is 0.602. The van der Waals surface area contributed by atoms with Gasteiger partial charge in [0.25, 0.3) is 5.56 Å². The maximum Gasteiger partial charge on any atom is 0.292 e. The van der Waals surface area contributed by atoms with E-state index >= 15 is 0 Å². The predicted molar refractivity (Wildman–Crippen MR) is 106 cm³/mol. The number of para-hydroxylation sites is 1. The number of hydrogen-bond donors (Lipinski definition) is 1. The maximum absolute atomic E-state index is 12.5. The average Bonchev–Trinajstić information content (AvgIpc) is 2.65. The maximum atomic E-state index is 12.5. The third kappa shape index (κ3) is 4.20. The molecule has 1 atom stereocenters. The van der Waals surface area contributed by atoms with Crippen molar-refractivity contribution in [3.8, 4) is 5.69 Å². The zero-order valence-corrected chi connectivity index (χ0v) is 16.3. The third-order valence-electron chi connectivity index (χ3n) is 4.10. The molecule has 0 aliphatic rings. The Morgan fingerprint density at radius 1 is 1.07 bits per heavy atom. The summed E-state index contributed by atoms with van der Waals surface area (Å²) in [6, 6.07) is 15.4. The van der Waals surface area contributed by atoms with Gasteiger partial charge in [0.05, 0.1) is 22.5 Å². The molecule has 27 heavy (non-hydrogen) atoms. The van der Waals surface area contributed by atoms with Crippen molar-refractivity contribution in [3.05, 3.63) is 81.7 Å². The summed E-state index contributed by atoms with van der Waals surface area (Å²) in [6.07, 6.45) is 2.66. The lowest BCUT2D eigenvalue weighted by Crippen LogP contribution is -2.23. The average molecular weight is 404 g/mol. The molecule has 3 aromatic rings. The summed E-state index contributed by atoms with van der Waals surface area (Å²) in [6.45, 7) is 1.88. The van der Waals surface area contributed by atoms with Crippen LogP contribution in [0.2, 0.25) is 5.02 Å². The van der Waals surface area contributed by atoms with Crippen molar-refractivity contribution in [1.82, 2.24) is 9.78 Å². The zero-order chi connectivity index (χ0) is 19.6. The van der Waals surface area contributed by atoms with Crippen LogP contribution >= 0.6 is 11.6 Å². The van der Waals surface area contributed by atoms with Crippen LogP contribution in [0.4, 0.5) is 5.69 Å². The van der Waals surface area contributed by atoms with Crippen molar-refractivity contribution in [2.75, 3.05) is 11.6 Å². The molecular formula is C19H18ClN3O3S. The van der Waals surface area contributed by atoms with Gasteiger partial charge in [0.15, 0.2) is 9.84 Å². The summed E-state index contributed by atoms with van der Waals surface area (Å²) in [7, 11) is -3.24. The molecule has 0 saturated heterocycles. The van der Waals surface area contributed by atoms with Gasteiger partial charge in [-0.05, 0) is 36.8 Å². The molecule has 0 bridgehead atoms. The van der Waals surface area contributed by atoms with Crippen LogP contribution in [0.3, 0.4) is 0 Å². The molecule has 1 heterocycles. The fraction of sp³-hybridized carbons (Fsp3) is 0.158. The summed E-state index contributed by atoms with van der Waals surface area (Å²) in [5, 5.41) is 7.36. The lowest BCUT2D eigenvalue weighted by atomic mass is 10.1. The van der Waals surface area contributed by atoms with Gasteiger partial charge in [0.2, 0.25) is 0 Å². The predicted octanol–water partition coefficient (Wildman–Crippen LogP) is 3.46. The normalized spacial score (nSPS) is 12.6. The van der Waals surface area contributed by atoms with E-state index in [4.69, 9.17) is 11.6 Å². The van der Waals surface area contributed by atoms with Crippen molar-refractivity contribution in [3.63, 3.8) is 0 Å². The molecule has 6 nitrogen and oxygen atoms in total. The quantitative estimate of drug-likeness (QED) is 0.705. The Morgan fingerprint density at radius 3 is 2.30 bits per heavy atom. The number of hydrogen-bond acceptors (Lipinski definition) is 5. The fourth-order valence-electron chi connectivity index (χ4n) is 2.61. The molecule has 0 unspecified atom stereocenters. The van der Waals surface area contributed by atoms with Crippen LogP contribution in [0.25, 0.3) is 5.69 Å².